The Kier molecular flexibility index (Phi) is 2.94. The molecule has 2 aromatic rings. The van der Waals surface area contributed by atoms with Gasteiger partial charge in [0.15, 0.2) is 0 Å². The second kappa shape index (κ2) is 3.77. The third-order valence-corrected chi connectivity index (χ3v) is 1.43. The van der Waals surface area contributed by atoms with Crippen molar-refractivity contribution in [2.45, 2.75) is 0 Å². The van der Waals surface area contributed by atoms with Crippen LogP contribution < -0.4 is 0 Å². The van der Waals surface area contributed by atoms with Crippen LogP contribution in [0, 0.1) is 6.07 Å². The van der Waals surface area contributed by atoms with E-state index in [-0.39, 0.29) is 25.8 Å². The Labute approximate surface area is 84.2 Å². The molecule has 1 nitrogen and oxygen atoms in total. The number of hydrogen-bond acceptors (Lipinski definition) is 1. The van der Waals surface area contributed by atoms with E-state index in [0.29, 0.717) is 0 Å². The first kappa shape index (κ1) is 8.60. The average molecular weight is 173 g/mol. The summed E-state index contributed by atoms with van der Waals surface area (Å²) in [4.78, 5) is 4.13. The minimum atomic E-state index is 0. The fraction of sp³-hybridized carbons (Fsp3) is 0. The van der Waals surface area contributed by atoms with Crippen molar-refractivity contribution in [2.75, 3.05) is 0 Å². The molecule has 0 saturated carbocycles. The van der Waals surface area contributed by atoms with Crippen molar-refractivity contribution in [1.82, 2.24) is 4.98 Å². The van der Waals surface area contributed by atoms with Gasteiger partial charge in [0.2, 0.25) is 0 Å². The number of benzene rings is 1. The van der Waals surface area contributed by atoms with Gasteiger partial charge in [-0.05, 0) is 5.52 Å². The molecule has 1 aromatic carbocycles. The first-order valence-corrected chi connectivity index (χ1v) is 3.18. The van der Waals surface area contributed by atoms with Gasteiger partial charge in [-0.1, -0.05) is 6.07 Å². The number of aromatic nitrogens is 1. The predicted molar refractivity (Wildman–Crippen MR) is 40.6 cm³/mol. The van der Waals surface area contributed by atoms with Crippen molar-refractivity contribution in [3.63, 3.8) is 0 Å². The van der Waals surface area contributed by atoms with Crippen molar-refractivity contribution < 1.29 is 25.8 Å². The normalized spacial score (nSPS) is 9.09. The second-order valence-corrected chi connectivity index (χ2v) is 2.11. The minimum Gasteiger partial charge on any atom is -0.283 e. The summed E-state index contributed by atoms with van der Waals surface area (Å²) in [5.74, 6) is 0. The van der Waals surface area contributed by atoms with E-state index < -0.39 is 0 Å². The maximum Gasteiger partial charge on any atom is 0.0239 e. The van der Waals surface area contributed by atoms with Crippen LogP contribution >= 0.6 is 0 Å². The first-order valence-electron chi connectivity index (χ1n) is 3.18. The van der Waals surface area contributed by atoms with Gasteiger partial charge in [-0.3, -0.25) is 4.98 Å². The molecule has 0 saturated heterocycles. The van der Waals surface area contributed by atoms with E-state index in [2.05, 4.69) is 11.1 Å². The second-order valence-electron chi connectivity index (χ2n) is 2.11. The van der Waals surface area contributed by atoms with E-state index in [1.54, 1.807) is 6.20 Å². The standard InChI is InChI=1S/C9H6N.Sc/c1-2-6-9-8(4-1)5-3-7-10-9;/h1-5,7H;/q-1;. The first-order chi connectivity index (χ1) is 4.97. The molecule has 0 amide bonds. The van der Waals surface area contributed by atoms with Gasteiger partial charge in [-0.2, -0.15) is 24.3 Å². The Morgan fingerprint density at radius 2 is 2.00 bits per heavy atom. The van der Waals surface area contributed by atoms with Crippen LogP contribution in [0.5, 0.6) is 0 Å². The van der Waals surface area contributed by atoms with E-state index in [9.17, 15) is 0 Å². The molecular formula is C9H6NSc-. The summed E-state index contributed by atoms with van der Waals surface area (Å²) in [6.07, 6.45) is 1.78. The van der Waals surface area contributed by atoms with Gasteiger partial charge < -0.3 is 0 Å². The van der Waals surface area contributed by atoms with Crippen molar-refractivity contribution >= 4 is 10.9 Å². The number of pyridine rings is 1. The summed E-state index contributed by atoms with van der Waals surface area (Å²) in [6.45, 7) is 0. The molecule has 2 rings (SSSR count). The molecule has 0 aliphatic heterocycles. The van der Waals surface area contributed by atoms with Crippen LogP contribution in [0.15, 0.2) is 36.5 Å². The molecular weight excluding hydrogens is 167 g/mol. The molecule has 0 N–H and O–H groups in total. The fourth-order valence-electron chi connectivity index (χ4n) is 0.952. The van der Waals surface area contributed by atoms with Crippen LogP contribution in [0.3, 0.4) is 0 Å². The molecule has 11 heavy (non-hydrogen) atoms. The summed E-state index contributed by atoms with van der Waals surface area (Å²) in [5, 5.41) is 1.14. The van der Waals surface area contributed by atoms with Gasteiger partial charge in [-0.15, -0.1) is 11.5 Å². The Morgan fingerprint density at radius 1 is 1.18 bits per heavy atom. The smallest absolute Gasteiger partial charge is 0.0239 e. The van der Waals surface area contributed by atoms with Crippen molar-refractivity contribution in [2.24, 2.45) is 0 Å². The van der Waals surface area contributed by atoms with Gasteiger partial charge in [-0.25, -0.2) is 0 Å². The third-order valence-electron chi connectivity index (χ3n) is 1.43. The van der Waals surface area contributed by atoms with E-state index in [0.717, 1.165) is 10.9 Å². The number of nitrogens with zero attached hydrogens (tertiary/aromatic N) is 1. The van der Waals surface area contributed by atoms with Crippen LogP contribution in [0.2, 0.25) is 0 Å². The summed E-state index contributed by atoms with van der Waals surface area (Å²) in [6, 6.07) is 12.9. The molecule has 0 unspecified atom stereocenters. The quantitative estimate of drug-likeness (QED) is 0.555. The molecule has 1 radical (unpaired) electrons. The summed E-state index contributed by atoms with van der Waals surface area (Å²) in [5.41, 5.74) is 0.935. The average Bonchev–Trinajstić information content (AvgIpc) is 2.05. The van der Waals surface area contributed by atoms with E-state index >= 15 is 0 Å². The van der Waals surface area contributed by atoms with Gasteiger partial charge in [0.25, 0.3) is 0 Å². The topological polar surface area (TPSA) is 12.9 Å². The van der Waals surface area contributed by atoms with Crippen molar-refractivity contribution in [3.05, 3.63) is 42.6 Å². The van der Waals surface area contributed by atoms with Crippen LogP contribution in [-0.4, -0.2) is 4.98 Å². The molecule has 51 valence electrons. The maximum atomic E-state index is 4.13. The zero-order valence-electron chi connectivity index (χ0n) is 5.99. The van der Waals surface area contributed by atoms with Crippen LogP contribution in [0.4, 0.5) is 0 Å². The Balaban J connectivity index is 0.000000605. The summed E-state index contributed by atoms with van der Waals surface area (Å²) in [7, 11) is 0. The Hall–Kier alpha value is -0.500. The molecule has 1 aromatic heterocycles. The molecule has 0 fully saturated rings. The largest absolute Gasteiger partial charge is 0.283 e. The van der Waals surface area contributed by atoms with E-state index in [1.807, 2.05) is 30.3 Å². The maximum absolute atomic E-state index is 4.13. The van der Waals surface area contributed by atoms with Crippen LogP contribution in [-0.2, 0) is 25.8 Å². The van der Waals surface area contributed by atoms with E-state index in [1.165, 1.54) is 0 Å². The number of rotatable bonds is 0. The molecule has 0 spiro atoms. The predicted octanol–water partition coefficient (Wildman–Crippen LogP) is 2.03. The van der Waals surface area contributed by atoms with Gasteiger partial charge in [0, 0.05) is 32.0 Å². The van der Waals surface area contributed by atoms with Gasteiger partial charge in [0.05, 0.1) is 0 Å². The number of fused-ring (bicyclic) bond motifs is 1. The summed E-state index contributed by atoms with van der Waals surface area (Å²) >= 11 is 0. The molecule has 0 atom stereocenters. The molecule has 0 bridgehead atoms. The molecule has 2 heteroatoms. The number of hydrogen-bond donors (Lipinski definition) is 0. The van der Waals surface area contributed by atoms with E-state index in [4.69, 9.17) is 0 Å². The monoisotopic (exact) mass is 173 g/mol. The van der Waals surface area contributed by atoms with Crippen molar-refractivity contribution in [1.29, 1.82) is 0 Å². The van der Waals surface area contributed by atoms with Gasteiger partial charge >= 0.3 is 0 Å². The zero-order valence-corrected chi connectivity index (χ0v) is 7.79. The fourth-order valence-corrected chi connectivity index (χ4v) is 0.952. The Morgan fingerprint density at radius 3 is 2.82 bits per heavy atom. The Bertz CT molecular complexity index is 281. The van der Waals surface area contributed by atoms with Crippen LogP contribution in [0.25, 0.3) is 10.9 Å². The van der Waals surface area contributed by atoms with Crippen molar-refractivity contribution in [3.8, 4) is 0 Å². The SMILES string of the molecule is [Sc].[c-]1cccc2cccnc12. The molecule has 0 aliphatic rings. The molecule has 0 aliphatic carbocycles. The minimum absolute atomic E-state index is 0. The molecule has 1 heterocycles. The van der Waals surface area contributed by atoms with Crippen LogP contribution in [0.1, 0.15) is 0 Å². The summed E-state index contributed by atoms with van der Waals surface area (Å²) < 4.78 is 0. The van der Waals surface area contributed by atoms with Gasteiger partial charge in [0.1, 0.15) is 0 Å². The number of para-hydroxylation sites is 1. The third kappa shape index (κ3) is 1.74. The zero-order chi connectivity index (χ0) is 6.81.